The number of carbonyl (C=O) groups is 1. The molecule has 0 bridgehead atoms. The summed E-state index contributed by atoms with van der Waals surface area (Å²) in [4.78, 5) is 15.6. The van der Waals surface area contributed by atoms with Crippen molar-refractivity contribution in [3.63, 3.8) is 0 Å². The van der Waals surface area contributed by atoms with E-state index in [4.69, 9.17) is 0 Å². The molecule has 0 spiro atoms. The molecule has 3 aromatic rings. The van der Waals surface area contributed by atoms with Gasteiger partial charge in [0.2, 0.25) is 0 Å². The Balaban J connectivity index is 1.91. The molecule has 2 heterocycles. The first-order chi connectivity index (χ1) is 10.6. The number of anilines is 1. The van der Waals surface area contributed by atoms with E-state index in [1.807, 2.05) is 6.07 Å². The average molecular weight is 299 g/mol. The Hall–Kier alpha value is -2.89. The summed E-state index contributed by atoms with van der Waals surface area (Å²) in [5.41, 5.74) is 2.44. The molecule has 0 atom stereocenters. The van der Waals surface area contributed by atoms with Gasteiger partial charge in [0, 0.05) is 18.9 Å². The number of halogens is 1. The van der Waals surface area contributed by atoms with E-state index in [-0.39, 0.29) is 11.5 Å². The summed E-state index contributed by atoms with van der Waals surface area (Å²) < 4.78 is 15.0. The van der Waals surface area contributed by atoms with Crippen molar-refractivity contribution in [3.8, 4) is 0 Å². The van der Waals surface area contributed by atoms with Crippen LogP contribution in [0.2, 0.25) is 0 Å². The molecule has 0 fully saturated rings. The van der Waals surface area contributed by atoms with Crippen LogP contribution in [0.15, 0.2) is 42.7 Å². The highest BCUT2D eigenvalue weighted by Crippen LogP contribution is 2.19. The third-order valence-electron chi connectivity index (χ3n) is 3.49. The lowest BCUT2D eigenvalue weighted by Gasteiger charge is -2.11. The van der Waals surface area contributed by atoms with Crippen LogP contribution in [0.4, 0.5) is 10.1 Å². The van der Waals surface area contributed by atoms with Crippen LogP contribution in [0, 0.1) is 12.7 Å². The maximum absolute atomic E-state index is 13.5. The van der Waals surface area contributed by atoms with Gasteiger partial charge in [-0.25, -0.2) is 14.2 Å². The topological polar surface area (TPSA) is 66.6 Å². The van der Waals surface area contributed by atoms with Gasteiger partial charge in [0.05, 0.1) is 5.69 Å². The van der Waals surface area contributed by atoms with Crippen molar-refractivity contribution in [2.75, 3.05) is 5.32 Å². The Morgan fingerprint density at radius 3 is 2.91 bits per heavy atom. The molecule has 0 aliphatic heterocycles. The van der Waals surface area contributed by atoms with E-state index in [0.717, 1.165) is 5.56 Å². The van der Waals surface area contributed by atoms with Gasteiger partial charge >= 0.3 is 5.97 Å². The quantitative estimate of drug-likeness (QED) is 0.777. The minimum atomic E-state index is -1.05. The summed E-state index contributed by atoms with van der Waals surface area (Å²) in [5, 5.41) is 12.5. The highest BCUT2D eigenvalue weighted by atomic mass is 19.1. The van der Waals surface area contributed by atoms with E-state index in [1.165, 1.54) is 10.5 Å². The van der Waals surface area contributed by atoms with Crippen molar-refractivity contribution in [2.24, 2.45) is 0 Å². The number of carboxylic acid groups (broad SMARTS) is 1. The monoisotopic (exact) mass is 299 g/mol. The van der Waals surface area contributed by atoms with Gasteiger partial charge in [-0.1, -0.05) is 12.1 Å². The van der Waals surface area contributed by atoms with Gasteiger partial charge in [0.1, 0.15) is 11.5 Å². The van der Waals surface area contributed by atoms with E-state index in [2.05, 4.69) is 10.3 Å². The Morgan fingerprint density at radius 1 is 1.36 bits per heavy atom. The highest BCUT2D eigenvalue weighted by molar-refractivity contribution is 5.93. The van der Waals surface area contributed by atoms with Crippen LogP contribution >= 0.6 is 0 Å². The number of hydrogen-bond donors (Lipinski definition) is 2. The van der Waals surface area contributed by atoms with E-state index in [1.54, 1.807) is 37.5 Å². The summed E-state index contributed by atoms with van der Waals surface area (Å²) in [6, 6.07) is 8.34. The number of hydrogen-bond acceptors (Lipinski definition) is 3. The summed E-state index contributed by atoms with van der Waals surface area (Å²) in [7, 11) is 0. The van der Waals surface area contributed by atoms with Gasteiger partial charge in [-0.15, -0.1) is 0 Å². The van der Waals surface area contributed by atoms with E-state index < -0.39 is 5.97 Å². The molecule has 2 aromatic heterocycles. The van der Waals surface area contributed by atoms with Crippen LogP contribution in [0.1, 0.15) is 21.6 Å². The largest absolute Gasteiger partial charge is 0.476 e. The zero-order valence-corrected chi connectivity index (χ0v) is 11.9. The van der Waals surface area contributed by atoms with E-state index in [9.17, 15) is 14.3 Å². The van der Waals surface area contributed by atoms with Crippen LogP contribution < -0.4 is 5.32 Å². The van der Waals surface area contributed by atoms with E-state index in [0.29, 0.717) is 23.4 Å². The zero-order chi connectivity index (χ0) is 15.7. The number of benzene rings is 1. The first-order valence-corrected chi connectivity index (χ1v) is 6.74. The number of nitrogens with one attached hydrogen (secondary N) is 1. The van der Waals surface area contributed by atoms with Gasteiger partial charge in [0.25, 0.3) is 0 Å². The molecule has 0 amide bonds. The van der Waals surface area contributed by atoms with Crippen molar-refractivity contribution in [2.45, 2.75) is 13.5 Å². The molecule has 22 heavy (non-hydrogen) atoms. The van der Waals surface area contributed by atoms with Gasteiger partial charge in [-0.3, -0.25) is 4.40 Å². The molecular weight excluding hydrogens is 285 g/mol. The Bertz CT molecular complexity index is 858. The van der Waals surface area contributed by atoms with Crippen LogP contribution in [0.25, 0.3) is 5.65 Å². The van der Waals surface area contributed by atoms with Crippen molar-refractivity contribution in [3.05, 3.63) is 65.4 Å². The third kappa shape index (κ3) is 2.50. The normalized spacial score (nSPS) is 10.8. The summed E-state index contributed by atoms with van der Waals surface area (Å²) in [5.74, 6) is -1.33. The number of carboxylic acids is 1. The summed E-state index contributed by atoms with van der Waals surface area (Å²) in [6.07, 6.45) is 3.14. The summed E-state index contributed by atoms with van der Waals surface area (Å²) in [6.45, 7) is 2.03. The number of aromatic nitrogens is 2. The second kappa shape index (κ2) is 5.48. The Kier molecular flexibility index (Phi) is 3.50. The highest BCUT2D eigenvalue weighted by Gasteiger charge is 2.14. The molecule has 1 aromatic carbocycles. The standard InChI is InChI=1S/C16H14FN3O2/c1-10-2-3-11(8-12(10)17)9-19-13-4-5-14-18-6-7-20(14)15(13)16(21)22/h2-8,19H,9H2,1H3,(H,21,22). The first kappa shape index (κ1) is 14.1. The van der Waals surface area contributed by atoms with Crippen molar-refractivity contribution < 1.29 is 14.3 Å². The fraction of sp³-hybridized carbons (Fsp3) is 0.125. The molecule has 0 radical (unpaired) electrons. The number of nitrogens with zero attached hydrogens (tertiary/aromatic N) is 2. The second-order valence-electron chi connectivity index (χ2n) is 4.99. The van der Waals surface area contributed by atoms with Gasteiger partial charge < -0.3 is 10.4 Å². The Labute approximate surface area is 126 Å². The van der Waals surface area contributed by atoms with Crippen LogP contribution in [0.5, 0.6) is 0 Å². The van der Waals surface area contributed by atoms with Crippen molar-refractivity contribution in [1.29, 1.82) is 0 Å². The zero-order valence-electron chi connectivity index (χ0n) is 11.9. The maximum atomic E-state index is 13.5. The molecular formula is C16H14FN3O2. The van der Waals surface area contributed by atoms with E-state index >= 15 is 0 Å². The lowest BCUT2D eigenvalue weighted by molar-refractivity contribution is 0.0690. The SMILES string of the molecule is Cc1ccc(CNc2ccc3nccn3c2C(=O)O)cc1F. The van der Waals surface area contributed by atoms with Gasteiger partial charge in [-0.2, -0.15) is 0 Å². The fourth-order valence-corrected chi connectivity index (χ4v) is 2.30. The smallest absolute Gasteiger partial charge is 0.355 e. The molecule has 3 rings (SSSR count). The number of aromatic carboxylic acids is 1. The number of fused-ring (bicyclic) bond motifs is 1. The molecule has 112 valence electrons. The minimum Gasteiger partial charge on any atom is -0.476 e. The molecule has 5 nitrogen and oxygen atoms in total. The molecule has 0 unspecified atom stereocenters. The predicted octanol–water partition coefficient (Wildman–Crippen LogP) is 3.09. The van der Waals surface area contributed by atoms with Crippen LogP contribution in [-0.4, -0.2) is 20.5 Å². The molecule has 0 aliphatic carbocycles. The number of pyridine rings is 1. The molecule has 0 saturated heterocycles. The molecule has 6 heteroatoms. The fourth-order valence-electron chi connectivity index (χ4n) is 2.30. The number of rotatable bonds is 4. The first-order valence-electron chi connectivity index (χ1n) is 6.74. The molecule has 0 saturated carbocycles. The van der Waals surface area contributed by atoms with Gasteiger partial charge in [-0.05, 0) is 36.2 Å². The van der Waals surface area contributed by atoms with Crippen molar-refractivity contribution in [1.82, 2.24) is 9.38 Å². The predicted molar refractivity (Wildman–Crippen MR) is 80.6 cm³/mol. The van der Waals surface area contributed by atoms with Crippen LogP contribution in [0.3, 0.4) is 0 Å². The van der Waals surface area contributed by atoms with Gasteiger partial charge in [0.15, 0.2) is 5.69 Å². The summed E-state index contributed by atoms with van der Waals surface area (Å²) >= 11 is 0. The third-order valence-corrected chi connectivity index (χ3v) is 3.49. The minimum absolute atomic E-state index is 0.0996. The Morgan fingerprint density at radius 2 is 2.18 bits per heavy atom. The van der Waals surface area contributed by atoms with Crippen molar-refractivity contribution >= 4 is 17.3 Å². The maximum Gasteiger partial charge on any atom is 0.355 e. The lowest BCUT2D eigenvalue weighted by Crippen LogP contribution is -2.11. The molecule has 0 aliphatic rings. The average Bonchev–Trinajstić information content (AvgIpc) is 2.95. The number of imidazole rings is 1. The second-order valence-corrected chi connectivity index (χ2v) is 4.99. The van der Waals surface area contributed by atoms with Crippen LogP contribution in [-0.2, 0) is 6.54 Å². The number of aryl methyl sites for hydroxylation is 1. The molecule has 2 N–H and O–H groups in total. The lowest BCUT2D eigenvalue weighted by atomic mass is 10.1.